The fourth-order valence-electron chi connectivity index (χ4n) is 2.12. The lowest BCUT2D eigenvalue weighted by atomic mass is 10.2. The number of hydrogen-bond donors (Lipinski definition) is 2. The number of aromatic amines is 1. The van der Waals surface area contributed by atoms with Crippen molar-refractivity contribution in [2.45, 2.75) is 12.5 Å². The molecule has 0 aliphatic carbocycles. The number of imidazole rings is 1. The van der Waals surface area contributed by atoms with Crippen LogP contribution in [0.5, 0.6) is 0 Å². The maximum atomic E-state index is 4.62. The predicted molar refractivity (Wildman–Crippen MR) is 76.6 cm³/mol. The summed E-state index contributed by atoms with van der Waals surface area (Å²) in [4.78, 5) is 8.02. The van der Waals surface area contributed by atoms with Crippen LogP contribution in [0.15, 0.2) is 22.7 Å². The Hall–Kier alpha value is -0.520. The van der Waals surface area contributed by atoms with Gasteiger partial charge in [0, 0.05) is 35.0 Å². The molecule has 0 bridgehead atoms. The normalized spacial score (nSPS) is 20.9. The molecule has 0 spiro atoms. The fourth-order valence-corrected chi connectivity index (χ4v) is 3.43. The summed E-state index contributed by atoms with van der Waals surface area (Å²) in [7, 11) is 0. The van der Waals surface area contributed by atoms with Gasteiger partial charge in [-0.1, -0.05) is 15.9 Å². The van der Waals surface area contributed by atoms with Crippen LogP contribution in [0.2, 0.25) is 0 Å². The van der Waals surface area contributed by atoms with Gasteiger partial charge in [0.2, 0.25) is 0 Å². The number of nitrogens with one attached hydrogen (secondary N) is 2. The van der Waals surface area contributed by atoms with Gasteiger partial charge in [-0.3, -0.25) is 0 Å². The van der Waals surface area contributed by atoms with E-state index < -0.39 is 0 Å². The summed E-state index contributed by atoms with van der Waals surface area (Å²) in [5, 5.41) is 3.53. The molecule has 1 aromatic heterocycles. The van der Waals surface area contributed by atoms with Crippen LogP contribution in [-0.4, -0.2) is 34.1 Å². The molecule has 17 heavy (non-hydrogen) atoms. The van der Waals surface area contributed by atoms with Crippen LogP contribution in [0.4, 0.5) is 0 Å². The molecule has 1 fully saturated rings. The molecule has 3 nitrogen and oxygen atoms in total. The van der Waals surface area contributed by atoms with Crippen LogP contribution in [0.25, 0.3) is 11.0 Å². The zero-order valence-electron chi connectivity index (χ0n) is 9.37. The molecule has 1 aromatic carbocycles. The van der Waals surface area contributed by atoms with E-state index in [1.54, 1.807) is 0 Å². The zero-order valence-corrected chi connectivity index (χ0v) is 11.8. The molecule has 3 rings (SSSR count). The molecule has 5 heteroatoms. The molecule has 1 aliphatic heterocycles. The first-order chi connectivity index (χ1) is 8.31. The first-order valence-corrected chi connectivity index (χ1v) is 7.71. The molecule has 0 amide bonds. The number of thioether (sulfide) groups is 1. The van der Waals surface area contributed by atoms with E-state index >= 15 is 0 Å². The molecule has 90 valence electrons. The maximum absolute atomic E-state index is 4.62. The van der Waals surface area contributed by atoms with Crippen LogP contribution in [-0.2, 0) is 6.42 Å². The monoisotopic (exact) mass is 311 g/mol. The summed E-state index contributed by atoms with van der Waals surface area (Å²) < 4.78 is 1.09. The Kier molecular flexibility index (Phi) is 3.40. The highest BCUT2D eigenvalue weighted by atomic mass is 79.9. The highest BCUT2D eigenvalue weighted by Crippen LogP contribution is 2.19. The molecule has 2 heterocycles. The topological polar surface area (TPSA) is 40.7 Å². The van der Waals surface area contributed by atoms with E-state index in [9.17, 15) is 0 Å². The first kappa shape index (κ1) is 11.6. The number of fused-ring (bicyclic) bond motifs is 1. The average molecular weight is 312 g/mol. The van der Waals surface area contributed by atoms with E-state index in [4.69, 9.17) is 0 Å². The van der Waals surface area contributed by atoms with Gasteiger partial charge in [0.25, 0.3) is 0 Å². The molecule has 0 saturated carbocycles. The summed E-state index contributed by atoms with van der Waals surface area (Å²) in [5.41, 5.74) is 2.16. The summed E-state index contributed by atoms with van der Waals surface area (Å²) in [6.07, 6.45) is 0.985. The van der Waals surface area contributed by atoms with Gasteiger partial charge in [-0.05, 0) is 18.2 Å². The lowest BCUT2D eigenvalue weighted by molar-refractivity contribution is 0.553. The molecule has 1 atom stereocenters. The molecule has 2 N–H and O–H groups in total. The largest absolute Gasteiger partial charge is 0.342 e. The Morgan fingerprint density at radius 3 is 3.24 bits per heavy atom. The molecular weight excluding hydrogens is 298 g/mol. The second-order valence-corrected chi connectivity index (χ2v) is 6.34. The first-order valence-electron chi connectivity index (χ1n) is 5.76. The van der Waals surface area contributed by atoms with Crippen molar-refractivity contribution < 1.29 is 0 Å². The Morgan fingerprint density at radius 2 is 2.41 bits per heavy atom. The van der Waals surface area contributed by atoms with E-state index in [-0.39, 0.29) is 0 Å². The van der Waals surface area contributed by atoms with Gasteiger partial charge in [0.15, 0.2) is 0 Å². The summed E-state index contributed by atoms with van der Waals surface area (Å²) in [6, 6.07) is 6.71. The van der Waals surface area contributed by atoms with Crippen LogP contribution in [0.1, 0.15) is 5.82 Å². The molecular formula is C12H14BrN3S. The van der Waals surface area contributed by atoms with Crippen molar-refractivity contribution in [1.82, 2.24) is 15.3 Å². The van der Waals surface area contributed by atoms with E-state index in [2.05, 4.69) is 37.3 Å². The van der Waals surface area contributed by atoms with Gasteiger partial charge >= 0.3 is 0 Å². The minimum absolute atomic E-state index is 0.553. The molecule has 1 aliphatic rings. The third-order valence-corrected chi connectivity index (χ3v) is 4.56. The van der Waals surface area contributed by atoms with Gasteiger partial charge < -0.3 is 10.3 Å². The lowest BCUT2D eigenvalue weighted by Gasteiger charge is -2.21. The van der Waals surface area contributed by atoms with Gasteiger partial charge in [0.05, 0.1) is 11.0 Å². The van der Waals surface area contributed by atoms with Crippen molar-refractivity contribution in [3.63, 3.8) is 0 Å². The van der Waals surface area contributed by atoms with Crippen molar-refractivity contribution in [1.29, 1.82) is 0 Å². The number of rotatable bonds is 2. The van der Waals surface area contributed by atoms with E-state index in [0.29, 0.717) is 6.04 Å². The quantitative estimate of drug-likeness (QED) is 0.895. The maximum Gasteiger partial charge on any atom is 0.108 e. The summed E-state index contributed by atoms with van der Waals surface area (Å²) in [6.45, 7) is 1.11. The van der Waals surface area contributed by atoms with E-state index in [1.807, 2.05) is 23.9 Å². The average Bonchev–Trinajstić information content (AvgIpc) is 2.71. The highest BCUT2D eigenvalue weighted by molar-refractivity contribution is 9.10. The van der Waals surface area contributed by atoms with Crippen LogP contribution >= 0.6 is 27.7 Å². The van der Waals surface area contributed by atoms with Crippen LogP contribution < -0.4 is 5.32 Å². The number of H-pyrrole nitrogens is 1. The van der Waals surface area contributed by atoms with Crippen molar-refractivity contribution in [3.05, 3.63) is 28.5 Å². The third kappa shape index (κ3) is 2.67. The zero-order chi connectivity index (χ0) is 11.7. The Balaban J connectivity index is 1.80. The lowest BCUT2D eigenvalue weighted by Crippen LogP contribution is -2.39. The summed E-state index contributed by atoms with van der Waals surface area (Å²) >= 11 is 5.50. The minimum Gasteiger partial charge on any atom is -0.342 e. The second-order valence-electron chi connectivity index (χ2n) is 4.28. The Morgan fingerprint density at radius 1 is 1.47 bits per heavy atom. The number of halogens is 1. The third-order valence-electron chi connectivity index (χ3n) is 2.93. The number of nitrogens with zero attached hydrogens (tertiary/aromatic N) is 1. The predicted octanol–water partition coefficient (Wildman–Crippen LogP) is 2.57. The van der Waals surface area contributed by atoms with Crippen LogP contribution in [0, 0.1) is 0 Å². The molecule has 1 unspecified atom stereocenters. The summed E-state index contributed by atoms with van der Waals surface area (Å²) in [5.74, 6) is 3.49. The van der Waals surface area contributed by atoms with Crippen molar-refractivity contribution >= 4 is 38.7 Å². The highest BCUT2D eigenvalue weighted by Gasteiger charge is 2.15. The second kappa shape index (κ2) is 5.00. The Bertz CT molecular complexity index is 519. The van der Waals surface area contributed by atoms with Gasteiger partial charge in [0.1, 0.15) is 5.82 Å². The van der Waals surface area contributed by atoms with E-state index in [0.717, 1.165) is 34.3 Å². The van der Waals surface area contributed by atoms with E-state index in [1.165, 1.54) is 11.5 Å². The molecule has 2 aromatic rings. The van der Waals surface area contributed by atoms with Gasteiger partial charge in [-0.15, -0.1) is 0 Å². The smallest absolute Gasteiger partial charge is 0.108 e. The minimum atomic E-state index is 0.553. The molecule has 1 saturated heterocycles. The van der Waals surface area contributed by atoms with Gasteiger partial charge in [-0.2, -0.15) is 11.8 Å². The fraction of sp³-hybridized carbons (Fsp3) is 0.417. The Labute approximate surface area is 113 Å². The number of aromatic nitrogens is 2. The number of benzene rings is 1. The SMILES string of the molecule is Brc1ccc2nc(CC3CSCCN3)[nH]c2c1. The van der Waals surface area contributed by atoms with Crippen molar-refractivity contribution in [2.75, 3.05) is 18.1 Å². The van der Waals surface area contributed by atoms with Crippen molar-refractivity contribution in [3.8, 4) is 0 Å². The van der Waals surface area contributed by atoms with Crippen molar-refractivity contribution in [2.24, 2.45) is 0 Å². The standard InChI is InChI=1S/C12H14BrN3S/c13-8-1-2-10-11(5-8)16-12(15-10)6-9-7-17-4-3-14-9/h1-2,5,9,14H,3-4,6-7H2,(H,15,16). The van der Waals surface area contributed by atoms with Gasteiger partial charge in [-0.25, -0.2) is 4.98 Å². The van der Waals surface area contributed by atoms with Crippen LogP contribution in [0.3, 0.4) is 0 Å². The number of hydrogen-bond acceptors (Lipinski definition) is 3. The molecule has 0 radical (unpaired) electrons.